The van der Waals surface area contributed by atoms with E-state index < -0.39 is 11.9 Å². The number of terminal acetylenes is 1. The first-order chi connectivity index (χ1) is 7.58. The molecule has 1 saturated heterocycles. The van der Waals surface area contributed by atoms with E-state index in [9.17, 15) is 9.59 Å². The van der Waals surface area contributed by atoms with Gasteiger partial charge in [0.15, 0.2) is 0 Å². The number of hydrogen-bond acceptors (Lipinski definition) is 2. The Kier molecular flexibility index (Phi) is 4.18. The lowest BCUT2D eigenvalue weighted by Gasteiger charge is -2.37. The fourth-order valence-corrected chi connectivity index (χ4v) is 1.53. The standard InChI is InChI=1S/C11H16N2O3/c1-3-5-9(4-2)12-11(16)13-6-8(7-13)10(14)15/h2,8-9H,3,5-7H2,1H3,(H,12,16)(H,14,15). The molecule has 16 heavy (non-hydrogen) atoms. The van der Waals surface area contributed by atoms with E-state index in [0.717, 1.165) is 12.8 Å². The van der Waals surface area contributed by atoms with E-state index in [-0.39, 0.29) is 25.2 Å². The first-order valence-corrected chi connectivity index (χ1v) is 5.32. The highest BCUT2D eigenvalue weighted by molar-refractivity contribution is 5.80. The van der Waals surface area contributed by atoms with Crippen molar-refractivity contribution in [2.75, 3.05) is 13.1 Å². The first-order valence-electron chi connectivity index (χ1n) is 5.32. The van der Waals surface area contributed by atoms with Crippen LogP contribution in [-0.2, 0) is 4.79 Å². The van der Waals surface area contributed by atoms with Gasteiger partial charge >= 0.3 is 12.0 Å². The molecular formula is C11H16N2O3. The molecule has 5 nitrogen and oxygen atoms in total. The average Bonchev–Trinajstić information content (AvgIpc) is 2.13. The number of carboxylic acid groups (broad SMARTS) is 1. The molecule has 1 atom stereocenters. The van der Waals surface area contributed by atoms with Crippen molar-refractivity contribution in [1.29, 1.82) is 0 Å². The maximum absolute atomic E-state index is 11.6. The van der Waals surface area contributed by atoms with Crippen LogP contribution in [0.15, 0.2) is 0 Å². The predicted octanol–water partition coefficient (Wildman–Crippen LogP) is 0.514. The van der Waals surface area contributed by atoms with Crippen LogP contribution in [0.2, 0.25) is 0 Å². The number of nitrogens with zero attached hydrogens (tertiary/aromatic N) is 1. The lowest BCUT2D eigenvalue weighted by molar-refractivity contribution is -0.146. The van der Waals surface area contributed by atoms with Gasteiger partial charge < -0.3 is 15.3 Å². The topological polar surface area (TPSA) is 69.6 Å². The molecule has 2 N–H and O–H groups in total. The van der Waals surface area contributed by atoms with Crippen LogP contribution >= 0.6 is 0 Å². The summed E-state index contributed by atoms with van der Waals surface area (Å²) in [5, 5.41) is 11.3. The number of aliphatic carboxylic acids is 1. The maximum Gasteiger partial charge on any atom is 0.318 e. The number of rotatable bonds is 4. The second kappa shape index (κ2) is 5.40. The fourth-order valence-electron chi connectivity index (χ4n) is 1.53. The predicted molar refractivity (Wildman–Crippen MR) is 58.8 cm³/mol. The van der Waals surface area contributed by atoms with Crippen molar-refractivity contribution in [2.45, 2.75) is 25.8 Å². The number of urea groups is 1. The van der Waals surface area contributed by atoms with Crippen LogP contribution in [0.1, 0.15) is 19.8 Å². The van der Waals surface area contributed by atoms with Crippen LogP contribution in [-0.4, -0.2) is 41.1 Å². The van der Waals surface area contributed by atoms with E-state index in [1.165, 1.54) is 4.90 Å². The smallest absolute Gasteiger partial charge is 0.318 e. The molecular weight excluding hydrogens is 208 g/mol. The summed E-state index contributed by atoms with van der Waals surface area (Å²) in [4.78, 5) is 23.6. The number of carbonyl (C=O) groups excluding carboxylic acids is 1. The molecule has 1 unspecified atom stereocenters. The molecule has 1 fully saturated rings. The van der Waals surface area contributed by atoms with Crippen molar-refractivity contribution in [3.05, 3.63) is 0 Å². The average molecular weight is 224 g/mol. The molecule has 88 valence electrons. The minimum Gasteiger partial charge on any atom is -0.481 e. The van der Waals surface area contributed by atoms with Crippen LogP contribution in [0, 0.1) is 18.3 Å². The van der Waals surface area contributed by atoms with Gasteiger partial charge in [-0.25, -0.2) is 4.79 Å². The summed E-state index contributed by atoms with van der Waals surface area (Å²) < 4.78 is 0. The van der Waals surface area contributed by atoms with Gasteiger partial charge in [-0.1, -0.05) is 19.3 Å². The van der Waals surface area contributed by atoms with Gasteiger partial charge in [0.25, 0.3) is 0 Å². The Bertz CT molecular complexity index is 316. The summed E-state index contributed by atoms with van der Waals surface area (Å²) in [6.45, 7) is 2.52. The van der Waals surface area contributed by atoms with Crippen molar-refractivity contribution < 1.29 is 14.7 Å². The second-order valence-electron chi connectivity index (χ2n) is 3.90. The molecule has 0 aliphatic carbocycles. The van der Waals surface area contributed by atoms with Crippen molar-refractivity contribution >= 4 is 12.0 Å². The second-order valence-corrected chi connectivity index (χ2v) is 3.90. The quantitative estimate of drug-likeness (QED) is 0.684. The maximum atomic E-state index is 11.6. The van der Waals surface area contributed by atoms with E-state index in [1.54, 1.807) is 0 Å². The molecule has 5 heteroatoms. The third-order valence-electron chi connectivity index (χ3n) is 2.59. The van der Waals surface area contributed by atoms with Gasteiger partial charge in [0.1, 0.15) is 0 Å². The van der Waals surface area contributed by atoms with Crippen LogP contribution < -0.4 is 5.32 Å². The number of amides is 2. The zero-order valence-corrected chi connectivity index (χ0v) is 9.27. The molecule has 0 aromatic heterocycles. The van der Waals surface area contributed by atoms with Gasteiger partial charge in [0, 0.05) is 13.1 Å². The van der Waals surface area contributed by atoms with E-state index in [1.807, 2.05) is 6.92 Å². The lowest BCUT2D eigenvalue weighted by Crippen LogP contribution is -2.57. The molecule has 2 amide bonds. The minimum atomic E-state index is -0.855. The van der Waals surface area contributed by atoms with Gasteiger partial charge in [-0.2, -0.15) is 0 Å². The molecule has 0 saturated carbocycles. The highest BCUT2D eigenvalue weighted by Gasteiger charge is 2.35. The number of hydrogen-bond donors (Lipinski definition) is 2. The van der Waals surface area contributed by atoms with E-state index in [0.29, 0.717) is 0 Å². The summed E-state index contributed by atoms with van der Waals surface area (Å²) in [5.41, 5.74) is 0. The summed E-state index contributed by atoms with van der Waals surface area (Å²) in [6, 6.07) is -0.532. The zero-order valence-electron chi connectivity index (χ0n) is 9.27. The molecule has 1 aliphatic rings. The summed E-state index contributed by atoms with van der Waals surface area (Å²) in [6.07, 6.45) is 6.90. The summed E-state index contributed by atoms with van der Waals surface area (Å²) in [7, 11) is 0. The SMILES string of the molecule is C#CC(CCC)NC(=O)N1CC(C(=O)O)C1. The van der Waals surface area contributed by atoms with E-state index in [4.69, 9.17) is 11.5 Å². The highest BCUT2D eigenvalue weighted by Crippen LogP contribution is 2.15. The number of likely N-dealkylation sites (tertiary alicyclic amines) is 1. The third-order valence-corrected chi connectivity index (χ3v) is 2.59. The molecule has 0 bridgehead atoms. The first kappa shape index (κ1) is 12.4. The van der Waals surface area contributed by atoms with Crippen molar-refractivity contribution in [3.63, 3.8) is 0 Å². The van der Waals surface area contributed by atoms with Crippen LogP contribution in [0.5, 0.6) is 0 Å². The Morgan fingerprint density at radius 1 is 1.62 bits per heavy atom. The third kappa shape index (κ3) is 2.89. The highest BCUT2D eigenvalue weighted by atomic mass is 16.4. The van der Waals surface area contributed by atoms with Gasteiger partial charge in [-0.3, -0.25) is 4.79 Å². The monoisotopic (exact) mass is 224 g/mol. The van der Waals surface area contributed by atoms with Crippen molar-refractivity contribution in [1.82, 2.24) is 10.2 Å². The normalized spacial score (nSPS) is 17.1. The van der Waals surface area contributed by atoms with Gasteiger partial charge in [-0.05, 0) is 6.42 Å². The minimum absolute atomic E-state index is 0.263. The van der Waals surface area contributed by atoms with Crippen molar-refractivity contribution in [2.24, 2.45) is 5.92 Å². The van der Waals surface area contributed by atoms with Gasteiger partial charge in [0.2, 0.25) is 0 Å². The zero-order chi connectivity index (χ0) is 12.1. The number of carboxylic acids is 1. The van der Waals surface area contributed by atoms with Crippen LogP contribution in [0.25, 0.3) is 0 Å². The van der Waals surface area contributed by atoms with E-state index in [2.05, 4.69) is 11.2 Å². The van der Waals surface area contributed by atoms with Crippen LogP contribution in [0.4, 0.5) is 4.79 Å². The van der Waals surface area contributed by atoms with Gasteiger partial charge in [0.05, 0.1) is 12.0 Å². The Morgan fingerprint density at radius 2 is 2.25 bits per heavy atom. The molecule has 1 rings (SSSR count). The van der Waals surface area contributed by atoms with Gasteiger partial charge in [-0.15, -0.1) is 6.42 Å². The van der Waals surface area contributed by atoms with Crippen LogP contribution in [0.3, 0.4) is 0 Å². The molecule has 1 heterocycles. The molecule has 0 spiro atoms. The Morgan fingerprint density at radius 3 is 2.69 bits per heavy atom. The Hall–Kier alpha value is -1.70. The fraction of sp³-hybridized carbons (Fsp3) is 0.636. The molecule has 0 aromatic carbocycles. The summed E-state index contributed by atoms with van der Waals surface area (Å²) in [5.74, 6) is 1.21. The molecule has 1 aliphatic heterocycles. The number of carbonyl (C=O) groups is 2. The Balaban J connectivity index is 2.32. The largest absolute Gasteiger partial charge is 0.481 e. The molecule has 0 radical (unpaired) electrons. The van der Waals surface area contributed by atoms with Crippen molar-refractivity contribution in [3.8, 4) is 12.3 Å². The van der Waals surface area contributed by atoms with E-state index >= 15 is 0 Å². The molecule has 0 aromatic rings. The summed E-state index contributed by atoms with van der Waals surface area (Å²) >= 11 is 0. The lowest BCUT2D eigenvalue weighted by atomic mass is 10.0. The number of nitrogens with one attached hydrogen (secondary N) is 1. The Labute approximate surface area is 94.8 Å².